The Labute approximate surface area is 274 Å². The van der Waals surface area contributed by atoms with Crippen LogP contribution in [0.4, 0.5) is 21.2 Å². The van der Waals surface area contributed by atoms with Crippen molar-refractivity contribution in [2.45, 2.75) is 69.2 Å². The molecule has 1 aromatic heterocycles. The fourth-order valence-electron chi connectivity index (χ4n) is 7.30. The Kier molecular flexibility index (Phi) is 8.87. The van der Waals surface area contributed by atoms with E-state index in [-0.39, 0.29) is 18.4 Å². The predicted molar refractivity (Wildman–Crippen MR) is 178 cm³/mol. The summed E-state index contributed by atoms with van der Waals surface area (Å²) in [6.07, 6.45) is 0.321. The first kappa shape index (κ1) is 32.7. The number of halogens is 1. The maximum atomic E-state index is 16.4. The number of hydrogen-bond acceptors (Lipinski definition) is 7. The van der Waals surface area contributed by atoms with Gasteiger partial charge in [-0.25, -0.2) is 0 Å². The van der Waals surface area contributed by atoms with Gasteiger partial charge in [0.1, 0.15) is 6.10 Å². The van der Waals surface area contributed by atoms with Gasteiger partial charge in [-0.15, -0.1) is 5.10 Å². The number of nitrogens with one attached hydrogen (secondary N) is 1. The Morgan fingerprint density at radius 3 is 2.43 bits per heavy atom. The number of benzene rings is 3. The van der Waals surface area contributed by atoms with Crippen LogP contribution >= 0.6 is 0 Å². The number of carbonyl (C=O) groups excluding carboxylic acids is 2. The fourth-order valence-corrected chi connectivity index (χ4v) is 9.84. The van der Waals surface area contributed by atoms with Crippen LogP contribution in [0, 0.1) is 5.92 Å². The van der Waals surface area contributed by atoms with Crippen LogP contribution in [0.1, 0.15) is 43.0 Å². The second kappa shape index (κ2) is 12.8. The maximum Gasteiger partial charge on any atom is 0.268 e. The van der Waals surface area contributed by atoms with E-state index in [1.165, 1.54) is 6.92 Å². The summed E-state index contributed by atoms with van der Waals surface area (Å²) in [4.78, 5) is 28.7. The van der Waals surface area contributed by atoms with Crippen molar-refractivity contribution in [3.05, 3.63) is 102 Å². The second-order valence-electron chi connectivity index (χ2n) is 13.0. The van der Waals surface area contributed by atoms with Gasteiger partial charge in [-0.1, -0.05) is 60.7 Å². The van der Waals surface area contributed by atoms with Crippen molar-refractivity contribution in [3.8, 4) is 0 Å². The van der Waals surface area contributed by atoms with E-state index in [2.05, 4.69) is 15.6 Å². The summed E-state index contributed by atoms with van der Waals surface area (Å²) in [6, 6.07) is 24.0. The summed E-state index contributed by atoms with van der Waals surface area (Å²) in [5.74, 6) is -1.77. The topological polar surface area (TPSA) is 130 Å². The van der Waals surface area contributed by atoms with Gasteiger partial charge in [0, 0.05) is 41.1 Å². The molecule has 47 heavy (non-hydrogen) atoms. The Morgan fingerprint density at radius 1 is 1.11 bits per heavy atom. The van der Waals surface area contributed by atoms with Crippen molar-refractivity contribution in [2.75, 3.05) is 16.8 Å². The second-order valence-corrected chi connectivity index (χ2v) is 16.8. The molecule has 1 fully saturated rings. The number of amides is 2. The van der Waals surface area contributed by atoms with E-state index < -0.39 is 43.6 Å². The van der Waals surface area contributed by atoms with Gasteiger partial charge in [-0.2, -0.15) is 0 Å². The lowest BCUT2D eigenvalue weighted by Crippen LogP contribution is -2.44. The molecule has 3 aromatic carbocycles. The minimum absolute atomic E-state index is 0.128. The van der Waals surface area contributed by atoms with Crippen molar-refractivity contribution in [1.82, 2.24) is 15.0 Å². The van der Waals surface area contributed by atoms with Crippen LogP contribution in [0.5, 0.6) is 0 Å². The fraction of sp³-hybridized carbons (Fsp3) is 0.371. The number of hydrogen-bond donors (Lipinski definition) is 3. The highest BCUT2D eigenvalue weighted by atomic mass is 28.4. The highest BCUT2D eigenvalue weighted by Gasteiger charge is 2.67. The van der Waals surface area contributed by atoms with E-state index in [4.69, 9.17) is 4.74 Å². The largest absolute Gasteiger partial charge is 0.395 e. The molecule has 1 unspecified atom stereocenters. The molecular formula is C35H40FN5O5Si. The standard InChI is InChI=1S/C35H40FN5O5Si/c1-22-32(47(3,4)36)31(17-18-40-20-29(38-39-40)27(21-42)24-11-7-5-8-12-24)46-35(22)28-19-25(37-33(44)23(2)43)15-16-30(28)41(34(35)45)26-13-9-6-10-14-26/h5-16,19-20,22-23,27,31-32,42-43H,17-18,21H2,1-4H3,(H,37,44)/t22-,23-,27?,31+,32-,35+/m0/s1. The third-order valence-electron chi connectivity index (χ3n) is 9.47. The van der Waals surface area contributed by atoms with Crippen molar-refractivity contribution in [3.63, 3.8) is 0 Å². The molecule has 6 atom stereocenters. The van der Waals surface area contributed by atoms with Gasteiger partial charge in [-0.3, -0.25) is 19.2 Å². The number of anilines is 3. The number of nitrogens with zero attached hydrogens (tertiary/aromatic N) is 4. The first-order valence-corrected chi connectivity index (χ1v) is 18.9. The zero-order valence-corrected chi connectivity index (χ0v) is 27.9. The minimum Gasteiger partial charge on any atom is -0.395 e. The number of aliphatic hydroxyl groups is 2. The van der Waals surface area contributed by atoms with Gasteiger partial charge in [0.25, 0.3) is 11.8 Å². The molecule has 0 radical (unpaired) electrons. The highest BCUT2D eigenvalue weighted by molar-refractivity contribution is 6.72. The number of fused-ring (bicyclic) bond motifs is 2. The average molecular weight is 658 g/mol. The van der Waals surface area contributed by atoms with Crippen LogP contribution in [0.25, 0.3) is 0 Å². The molecule has 6 rings (SSSR count). The number of aromatic nitrogens is 3. The molecule has 1 saturated heterocycles. The van der Waals surface area contributed by atoms with Crippen molar-refractivity contribution in [2.24, 2.45) is 5.92 Å². The summed E-state index contributed by atoms with van der Waals surface area (Å²) in [7, 11) is -3.43. The zero-order valence-electron chi connectivity index (χ0n) is 26.9. The van der Waals surface area contributed by atoms with Crippen molar-refractivity contribution < 1.29 is 28.6 Å². The lowest BCUT2D eigenvalue weighted by Gasteiger charge is -2.31. The number of ether oxygens (including phenoxy) is 1. The number of para-hydroxylation sites is 1. The quantitative estimate of drug-likeness (QED) is 0.157. The normalized spacial score (nSPS) is 23.6. The molecule has 246 valence electrons. The SMILES string of the molecule is C[C@H](O)C(=O)Nc1ccc2c(c1)[C@@]1(O[C@H](CCn3cc(C(CO)c4ccccc4)nn3)[C@@H]([Si](C)(C)F)[C@@H]1C)C(=O)N2c1ccccc1. The average Bonchev–Trinajstić information content (AvgIpc) is 3.70. The van der Waals surface area contributed by atoms with Crippen LogP contribution in [0.3, 0.4) is 0 Å². The molecule has 4 aromatic rings. The summed E-state index contributed by atoms with van der Waals surface area (Å²) in [5, 5.41) is 31.3. The molecule has 2 aliphatic rings. The van der Waals surface area contributed by atoms with E-state index >= 15 is 4.11 Å². The number of aliphatic hydroxyl groups excluding tert-OH is 2. The smallest absolute Gasteiger partial charge is 0.268 e. The molecule has 0 saturated carbocycles. The van der Waals surface area contributed by atoms with E-state index in [1.54, 1.807) is 47.1 Å². The van der Waals surface area contributed by atoms with Crippen molar-refractivity contribution in [1.29, 1.82) is 0 Å². The lowest BCUT2D eigenvalue weighted by atomic mass is 9.82. The molecule has 12 heteroatoms. The molecule has 10 nitrogen and oxygen atoms in total. The van der Waals surface area contributed by atoms with E-state index in [0.29, 0.717) is 41.3 Å². The number of rotatable bonds is 10. The zero-order chi connectivity index (χ0) is 33.5. The Balaban J connectivity index is 1.35. The Bertz CT molecular complexity index is 1750. The van der Waals surface area contributed by atoms with Crippen LogP contribution in [-0.2, 0) is 26.5 Å². The van der Waals surface area contributed by atoms with Gasteiger partial charge >= 0.3 is 0 Å². The van der Waals surface area contributed by atoms with Gasteiger partial charge in [-0.05, 0) is 62.3 Å². The van der Waals surface area contributed by atoms with Crippen LogP contribution in [-0.4, -0.2) is 64.2 Å². The monoisotopic (exact) mass is 657 g/mol. The molecule has 3 N–H and O–H groups in total. The summed E-state index contributed by atoms with van der Waals surface area (Å²) >= 11 is 0. The highest BCUT2D eigenvalue weighted by Crippen LogP contribution is 2.61. The minimum atomic E-state index is -3.43. The Morgan fingerprint density at radius 2 is 1.79 bits per heavy atom. The summed E-state index contributed by atoms with van der Waals surface area (Å²) < 4.78 is 24.9. The van der Waals surface area contributed by atoms with Gasteiger partial charge in [0.15, 0.2) is 5.60 Å². The van der Waals surface area contributed by atoms with Crippen LogP contribution in [0.15, 0.2) is 85.1 Å². The van der Waals surface area contributed by atoms with Gasteiger partial charge < -0.3 is 24.4 Å². The molecule has 2 aliphatic heterocycles. The van der Waals surface area contributed by atoms with Crippen LogP contribution < -0.4 is 10.2 Å². The first-order chi connectivity index (χ1) is 22.5. The molecule has 2 amide bonds. The summed E-state index contributed by atoms with van der Waals surface area (Å²) in [6.45, 7) is 6.80. The predicted octanol–water partition coefficient (Wildman–Crippen LogP) is 5.27. The lowest BCUT2D eigenvalue weighted by molar-refractivity contribution is -0.145. The number of carbonyl (C=O) groups is 2. The maximum absolute atomic E-state index is 16.4. The van der Waals surface area contributed by atoms with E-state index in [0.717, 1.165) is 5.56 Å². The van der Waals surface area contributed by atoms with Crippen molar-refractivity contribution >= 4 is 37.3 Å². The molecule has 1 spiro atoms. The third kappa shape index (κ3) is 5.90. The third-order valence-corrected chi connectivity index (χ3v) is 11.9. The Hall–Kier alpha value is -4.23. The van der Waals surface area contributed by atoms with Gasteiger partial charge in [0.05, 0.1) is 30.0 Å². The number of aryl methyl sites for hydroxylation is 1. The van der Waals surface area contributed by atoms with Gasteiger partial charge in [0.2, 0.25) is 8.41 Å². The molecular weight excluding hydrogens is 617 g/mol. The summed E-state index contributed by atoms with van der Waals surface area (Å²) in [5.41, 5.74) is 1.69. The molecule has 3 heterocycles. The first-order valence-electron chi connectivity index (χ1n) is 15.9. The van der Waals surface area contributed by atoms with E-state index in [1.807, 2.05) is 67.6 Å². The van der Waals surface area contributed by atoms with Crippen LogP contribution in [0.2, 0.25) is 18.6 Å². The molecule has 0 aliphatic carbocycles. The molecule has 0 bridgehead atoms. The van der Waals surface area contributed by atoms with E-state index in [9.17, 15) is 19.8 Å².